The molecule has 0 radical (unpaired) electrons. The number of furan rings is 1. The number of fused-ring (bicyclic) bond motifs is 1. The van der Waals surface area contributed by atoms with Gasteiger partial charge in [-0.3, -0.25) is 9.59 Å². The number of hydrogen-bond acceptors (Lipinski definition) is 5. The average molecular weight is 365 g/mol. The Morgan fingerprint density at radius 2 is 2.07 bits per heavy atom. The largest absolute Gasteiger partial charge is 0.443 e. The lowest BCUT2D eigenvalue weighted by Crippen LogP contribution is -2.26. The van der Waals surface area contributed by atoms with Gasteiger partial charge >= 0.3 is 0 Å². The maximum atomic E-state index is 12.1. The molecule has 0 aliphatic heterocycles. The van der Waals surface area contributed by atoms with E-state index in [9.17, 15) is 14.7 Å². The van der Waals surface area contributed by atoms with Gasteiger partial charge in [0.25, 0.3) is 11.5 Å². The van der Waals surface area contributed by atoms with Crippen molar-refractivity contribution < 1.29 is 14.3 Å². The lowest BCUT2D eigenvalue weighted by atomic mass is 10.1. The van der Waals surface area contributed by atoms with E-state index in [1.165, 1.54) is 6.07 Å². The Labute approximate surface area is 155 Å². The number of aliphatic hydroxyl groups is 1. The third-order valence-electron chi connectivity index (χ3n) is 3.63. The van der Waals surface area contributed by atoms with Crippen molar-refractivity contribution in [1.29, 1.82) is 0 Å². The number of H-pyrrole nitrogens is 1. The summed E-state index contributed by atoms with van der Waals surface area (Å²) in [5.74, 6) is 5.80. The highest BCUT2D eigenvalue weighted by Crippen LogP contribution is 2.08. The van der Waals surface area contributed by atoms with Crippen molar-refractivity contribution in [2.45, 2.75) is 25.9 Å². The molecule has 0 aliphatic rings. The van der Waals surface area contributed by atoms with E-state index in [-0.39, 0.29) is 17.9 Å². The molecule has 2 heterocycles. The van der Waals surface area contributed by atoms with Crippen molar-refractivity contribution >= 4 is 16.8 Å². The average Bonchev–Trinajstić information content (AvgIpc) is 3.09. The molecular weight excluding hydrogens is 346 g/mol. The van der Waals surface area contributed by atoms with Crippen LogP contribution in [0.3, 0.4) is 0 Å². The first-order valence-electron chi connectivity index (χ1n) is 8.43. The van der Waals surface area contributed by atoms with E-state index >= 15 is 0 Å². The molecular formula is C20H19N3O4. The van der Waals surface area contributed by atoms with Crippen LogP contribution in [0, 0.1) is 11.8 Å². The van der Waals surface area contributed by atoms with Crippen LogP contribution < -0.4 is 10.9 Å². The number of carbonyl (C=O) groups excluding carboxylic acids is 1. The molecule has 1 aromatic carbocycles. The van der Waals surface area contributed by atoms with Gasteiger partial charge in [0, 0.05) is 13.0 Å². The molecule has 0 aliphatic carbocycles. The Bertz CT molecular complexity index is 1090. The minimum atomic E-state index is -1.14. The quantitative estimate of drug-likeness (QED) is 0.609. The van der Waals surface area contributed by atoms with Gasteiger partial charge in [-0.25, -0.2) is 4.98 Å². The standard InChI is InChI=1S/C20H19N3O4/c1-20(2,26)11-9-13-7-8-16(27-13)19(25)21-12-10-17-22-15-6-4-3-5-14(15)18(24)23-17/h3-8,26H,10,12H2,1-2H3,(H,21,25)(H,22,23,24). The zero-order valence-electron chi connectivity index (χ0n) is 15.0. The molecule has 7 nitrogen and oxygen atoms in total. The van der Waals surface area contributed by atoms with Gasteiger partial charge in [-0.15, -0.1) is 0 Å². The van der Waals surface area contributed by atoms with Crippen LogP contribution in [0.5, 0.6) is 0 Å². The maximum absolute atomic E-state index is 12.1. The van der Waals surface area contributed by atoms with Crippen molar-refractivity contribution in [3.63, 3.8) is 0 Å². The molecule has 27 heavy (non-hydrogen) atoms. The number of nitrogens with zero attached hydrogens (tertiary/aromatic N) is 1. The van der Waals surface area contributed by atoms with E-state index in [1.54, 1.807) is 38.1 Å². The fourth-order valence-electron chi connectivity index (χ4n) is 2.38. The zero-order chi connectivity index (χ0) is 19.4. The molecule has 3 aromatic rings. The SMILES string of the molecule is CC(C)(O)C#Cc1ccc(C(=O)NCCc2nc3ccccc3c(=O)[nH]2)o1. The van der Waals surface area contributed by atoms with Gasteiger partial charge in [-0.05, 0) is 44.0 Å². The molecule has 1 amide bonds. The smallest absolute Gasteiger partial charge is 0.287 e. The summed E-state index contributed by atoms with van der Waals surface area (Å²) in [6.45, 7) is 3.40. The fraction of sp³-hybridized carbons (Fsp3) is 0.250. The monoisotopic (exact) mass is 365 g/mol. The molecule has 0 bridgehead atoms. The lowest BCUT2D eigenvalue weighted by molar-refractivity contribution is 0.0926. The van der Waals surface area contributed by atoms with Crippen LogP contribution in [0.1, 0.15) is 36.0 Å². The lowest BCUT2D eigenvalue weighted by Gasteiger charge is -2.05. The predicted molar refractivity (Wildman–Crippen MR) is 100 cm³/mol. The van der Waals surface area contributed by atoms with Gasteiger partial charge in [-0.1, -0.05) is 18.1 Å². The number of rotatable bonds is 4. The molecule has 0 saturated carbocycles. The Hall–Kier alpha value is -3.37. The Balaban J connectivity index is 1.61. The second-order valence-electron chi connectivity index (χ2n) is 6.51. The Kier molecular flexibility index (Phi) is 5.10. The summed E-state index contributed by atoms with van der Waals surface area (Å²) in [5.41, 5.74) is -0.731. The van der Waals surface area contributed by atoms with Crippen molar-refractivity contribution in [3.05, 3.63) is 64.1 Å². The van der Waals surface area contributed by atoms with Crippen molar-refractivity contribution in [2.24, 2.45) is 0 Å². The van der Waals surface area contributed by atoms with Crippen molar-refractivity contribution in [1.82, 2.24) is 15.3 Å². The highest BCUT2D eigenvalue weighted by atomic mass is 16.3. The summed E-state index contributed by atoms with van der Waals surface area (Å²) >= 11 is 0. The molecule has 0 atom stereocenters. The van der Waals surface area contributed by atoms with Crippen LogP contribution in [-0.2, 0) is 6.42 Å². The number of carbonyl (C=O) groups is 1. The molecule has 0 spiro atoms. The summed E-state index contributed by atoms with van der Waals surface area (Å²) < 4.78 is 5.35. The predicted octanol–water partition coefficient (Wildman–Crippen LogP) is 1.61. The number of aromatic amines is 1. The van der Waals surface area contributed by atoms with Gasteiger partial charge in [-0.2, -0.15) is 0 Å². The topological polar surface area (TPSA) is 108 Å². The molecule has 7 heteroatoms. The first-order chi connectivity index (χ1) is 12.8. The summed E-state index contributed by atoms with van der Waals surface area (Å²) in [6.07, 6.45) is 0.373. The van der Waals surface area contributed by atoms with Gasteiger partial charge in [0.05, 0.1) is 10.9 Å². The summed E-state index contributed by atoms with van der Waals surface area (Å²) in [6, 6.07) is 10.2. The highest BCUT2D eigenvalue weighted by Gasteiger charge is 2.11. The number of para-hydroxylation sites is 1. The number of aromatic nitrogens is 2. The van der Waals surface area contributed by atoms with E-state index < -0.39 is 11.5 Å². The minimum absolute atomic E-state index is 0.120. The van der Waals surface area contributed by atoms with E-state index in [1.807, 2.05) is 6.07 Å². The number of benzene rings is 1. The van der Waals surface area contributed by atoms with Crippen molar-refractivity contribution in [3.8, 4) is 11.8 Å². The van der Waals surface area contributed by atoms with Crippen LogP contribution in [-0.4, -0.2) is 33.1 Å². The van der Waals surface area contributed by atoms with E-state index in [0.717, 1.165) is 0 Å². The third-order valence-corrected chi connectivity index (χ3v) is 3.63. The number of nitrogens with one attached hydrogen (secondary N) is 2. The molecule has 2 aromatic heterocycles. The molecule has 0 fully saturated rings. The van der Waals surface area contributed by atoms with Gasteiger partial charge < -0.3 is 19.8 Å². The number of hydrogen-bond donors (Lipinski definition) is 3. The van der Waals surface area contributed by atoms with E-state index in [4.69, 9.17) is 4.42 Å². The number of amides is 1. The molecule has 3 rings (SSSR count). The van der Waals surface area contributed by atoms with Gasteiger partial charge in [0.15, 0.2) is 11.5 Å². The molecule has 3 N–H and O–H groups in total. The Morgan fingerprint density at radius 1 is 1.30 bits per heavy atom. The Morgan fingerprint density at radius 3 is 2.85 bits per heavy atom. The van der Waals surface area contributed by atoms with Gasteiger partial charge in [0.1, 0.15) is 11.4 Å². The first-order valence-corrected chi connectivity index (χ1v) is 8.43. The summed E-state index contributed by atoms with van der Waals surface area (Å²) in [5, 5.41) is 12.8. The van der Waals surface area contributed by atoms with E-state index in [2.05, 4.69) is 27.1 Å². The third kappa shape index (κ3) is 4.84. The second-order valence-corrected chi connectivity index (χ2v) is 6.51. The van der Waals surface area contributed by atoms with E-state index in [0.29, 0.717) is 28.9 Å². The molecule has 0 saturated heterocycles. The van der Waals surface area contributed by atoms with Gasteiger partial charge in [0.2, 0.25) is 0 Å². The normalized spacial score (nSPS) is 11.1. The van der Waals surface area contributed by atoms with Crippen LogP contribution >= 0.6 is 0 Å². The zero-order valence-corrected chi connectivity index (χ0v) is 15.0. The fourth-order valence-corrected chi connectivity index (χ4v) is 2.38. The maximum Gasteiger partial charge on any atom is 0.287 e. The van der Waals surface area contributed by atoms with Crippen LogP contribution in [0.4, 0.5) is 0 Å². The minimum Gasteiger partial charge on any atom is -0.443 e. The summed E-state index contributed by atoms with van der Waals surface area (Å²) in [7, 11) is 0. The summed E-state index contributed by atoms with van der Waals surface area (Å²) in [4.78, 5) is 31.3. The van der Waals surface area contributed by atoms with Crippen LogP contribution in [0.2, 0.25) is 0 Å². The highest BCUT2D eigenvalue weighted by molar-refractivity contribution is 5.91. The second kappa shape index (κ2) is 7.48. The van der Waals surface area contributed by atoms with Crippen molar-refractivity contribution in [2.75, 3.05) is 6.54 Å². The first kappa shape index (κ1) is 18.4. The van der Waals surface area contributed by atoms with Crippen LogP contribution in [0.25, 0.3) is 10.9 Å². The molecule has 0 unspecified atom stereocenters. The van der Waals surface area contributed by atoms with Crippen LogP contribution in [0.15, 0.2) is 45.6 Å². The molecule has 138 valence electrons.